The fourth-order valence-electron chi connectivity index (χ4n) is 5.51. The van der Waals surface area contributed by atoms with Crippen molar-refractivity contribution in [3.05, 3.63) is 71.3 Å². The summed E-state index contributed by atoms with van der Waals surface area (Å²) in [6.07, 6.45) is -1.56. The van der Waals surface area contributed by atoms with Gasteiger partial charge in [0.2, 0.25) is 5.91 Å². The van der Waals surface area contributed by atoms with Crippen molar-refractivity contribution in [3.8, 4) is 0 Å². The molecule has 2 heterocycles. The summed E-state index contributed by atoms with van der Waals surface area (Å²) in [6, 6.07) is 15.9. The zero-order valence-electron chi connectivity index (χ0n) is 20.5. The molecule has 2 aromatic rings. The van der Waals surface area contributed by atoms with Gasteiger partial charge in [0.05, 0.1) is 24.2 Å². The summed E-state index contributed by atoms with van der Waals surface area (Å²) in [4.78, 5) is 15.9. The molecule has 0 spiro atoms. The van der Waals surface area contributed by atoms with Crippen LogP contribution in [0, 0.1) is 11.3 Å². The van der Waals surface area contributed by atoms with Gasteiger partial charge in [0.15, 0.2) is 0 Å². The summed E-state index contributed by atoms with van der Waals surface area (Å²) in [6.45, 7) is 6.97. The normalized spacial score (nSPS) is 24.5. The Kier molecular flexibility index (Phi) is 7.86. The highest BCUT2D eigenvalue weighted by Crippen LogP contribution is 2.40. The number of halogens is 3. The number of amides is 1. The number of rotatable bonds is 6. The van der Waals surface area contributed by atoms with Crippen LogP contribution in [0.3, 0.4) is 0 Å². The maximum atomic E-state index is 13.5. The third kappa shape index (κ3) is 5.89. The second-order valence-corrected chi connectivity index (χ2v) is 10.3. The van der Waals surface area contributed by atoms with Crippen molar-refractivity contribution in [2.75, 3.05) is 26.3 Å². The first kappa shape index (κ1) is 25.7. The first-order valence-corrected chi connectivity index (χ1v) is 12.5. The van der Waals surface area contributed by atoms with Gasteiger partial charge < -0.3 is 10.1 Å². The third-order valence-corrected chi connectivity index (χ3v) is 7.85. The van der Waals surface area contributed by atoms with Crippen LogP contribution in [-0.2, 0) is 22.3 Å². The van der Waals surface area contributed by atoms with Crippen LogP contribution in [0.25, 0.3) is 0 Å². The minimum Gasteiger partial charge on any atom is -0.379 e. The molecule has 2 aliphatic heterocycles. The lowest BCUT2D eigenvalue weighted by atomic mass is 9.70. The van der Waals surface area contributed by atoms with Crippen LogP contribution >= 0.6 is 0 Å². The van der Waals surface area contributed by atoms with Crippen LogP contribution in [0.15, 0.2) is 54.6 Å². The number of benzene rings is 2. The molecule has 2 fully saturated rings. The molecule has 0 saturated carbocycles. The number of piperidine rings is 1. The predicted molar refractivity (Wildman–Crippen MR) is 130 cm³/mol. The molecule has 1 amide bonds. The van der Waals surface area contributed by atoms with Gasteiger partial charge in [0.25, 0.3) is 0 Å². The molecule has 35 heavy (non-hydrogen) atoms. The molecule has 7 heteroatoms. The molecule has 1 N–H and O–H groups in total. The van der Waals surface area contributed by atoms with Gasteiger partial charge in [-0.2, -0.15) is 13.2 Å². The Morgan fingerprint density at radius 2 is 1.83 bits per heavy atom. The predicted octanol–water partition coefficient (Wildman–Crippen LogP) is 5.63. The fourth-order valence-corrected chi connectivity index (χ4v) is 5.51. The first-order valence-electron chi connectivity index (χ1n) is 12.5. The highest BCUT2D eigenvalue weighted by atomic mass is 19.4. The minimum absolute atomic E-state index is 0.0358. The van der Waals surface area contributed by atoms with E-state index < -0.39 is 17.2 Å². The second-order valence-electron chi connectivity index (χ2n) is 10.3. The number of nitrogens with zero attached hydrogens (tertiary/aromatic N) is 1. The standard InChI is InChI=1S/C28H35F3N2O2/c1-20(2)27(26(34)32-17-21-7-6-10-24(15-21)28(29,30)31)16-25(18-35-19-27)33-13-11-23(12-14-33)22-8-4-3-5-9-22/h3-10,15,20,23,25H,11-14,16-19H2,1-2H3,(H,32,34)/t25-,27+/m1/s1. The number of carbonyl (C=O) groups excluding carboxylic acids is 1. The van der Waals surface area contributed by atoms with Crippen LogP contribution in [0.2, 0.25) is 0 Å². The Bertz CT molecular complexity index is 987. The van der Waals surface area contributed by atoms with Crippen LogP contribution in [0.4, 0.5) is 13.2 Å². The first-order chi connectivity index (χ1) is 16.7. The Labute approximate surface area is 205 Å². The van der Waals surface area contributed by atoms with E-state index in [1.54, 1.807) is 6.07 Å². The molecule has 0 bridgehead atoms. The molecule has 0 unspecified atom stereocenters. The van der Waals surface area contributed by atoms with E-state index in [4.69, 9.17) is 4.74 Å². The lowest BCUT2D eigenvalue weighted by molar-refractivity contribution is -0.150. The Hall–Kier alpha value is -2.38. The summed E-state index contributed by atoms with van der Waals surface area (Å²) >= 11 is 0. The number of alkyl halides is 3. The average Bonchev–Trinajstić information content (AvgIpc) is 2.87. The largest absolute Gasteiger partial charge is 0.416 e. The smallest absolute Gasteiger partial charge is 0.379 e. The number of nitrogens with one attached hydrogen (secondary N) is 1. The second kappa shape index (κ2) is 10.7. The zero-order chi connectivity index (χ0) is 25.1. The highest BCUT2D eigenvalue weighted by molar-refractivity contribution is 5.83. The van der Waals surface area contributed by atoms with Crippen LogP contribution < -0.4 is 5.32 Å². The molecule has 4 rings (SSSR count). The monoisotopic (exact) mass is 488 g/mol. The van der Waals surface area contributed by atoms with E-state index in [-0.39, 0.29) is 24.4 Å². The zero-order valence-corrected chi connectivity index (χ0v) is 20.5. The van der Waals surface area contributed by atoms with Crippen molar-refractivity contribution in [2.45, 2.75) is 57.8 Å². The van der Waals surface area contributed by atoms with Crippen molar-refractivity contribution in [3.63, 3.8) is 0 Å². The quantitative estimate of drug-likeness (QED) is 0.573. The molecule has 4 nitrogen and oxygen atoms in total. The molecular weight excluding hydrogens is 453 g/mol. The van der Waals surface area contributed by atoms with E-state index in [0.717, 1.165) is 38.1 Å². The Balaban J connectivity index is 1.39. The maximum Gasteiger partial charge on any atom is 0.416 e. The molecule has 0 aliphatic carbocycles. The van der Waals surface area contributed by atoms with Crippen molar-refractivity contribution >= 4 is 5.91 Å². The number of hydrogen-bond donors (Lipinski definition) is 1. The summed E-state index contributed by atoms with van der Waals surface area (Å²) in [5.74, 6) is 0.449. The van der Waals surface area contributed by atoms with Crippen molar-refractivity contribution in [1.29, 1.82) is 0 Å². The highest BCUT2D eigenvalue weighted by Gasteiger charge is 2.47. The van der Waals surface area contributed by atoms with E-state index in [2.05, 4.69) is 34.5 Å². The number of hydrogen-bond acceptors (Lipinski definition) is 3. The van der Waals surface area contributed by atoms with E-state index in [9.17, 15) is 18.0 Å². The Morgan fingerprint density at radius 1 is 1.11 bits per heavy atom. The number of ether oxygens (including phenoxy) is 1. The molecule has 2 atom stereocenters. The molecule has 2 saturated heterocycles. The van der Waals surface area contributed by atoms with Crippen LogP contribution in [0.1, 0.15) is 55.7 Å². The van der Waals surface area contributed by atoms with Gasteiger partial charge in [-0.05, 0) is 67.4 Å². The minimum atomic E-state index is -4.41. The van der Waals surface area contributed by atoms with E-state index in [1.165, 1.54) is 11.6 Å². The summed E-state index contributed by atoms with van der Waals surface area (Å²) in [5.41, 5.74) is 0.407. The van der Waals surface area contributed by atoms with Crippen LogP contribution in [0.5, 0.6) is 0 Å². The van der Waals surface area contributed by atoms with E-state index in [1.807, 2.05) is 19.9 Å². The van der Waals surface area contributed by atoms with Gasteiger partial charge in [0, 0.05) is 12.6 Å². The van der Waals surface area contributed by atoms with Gasteiger partial charge >= 0.3 is 6.18 Å². The Morgan fingerprint density at radius 3 is 2.49 bits per heavy atom. The molecule has 190 valence electrons. The fraction of sp³-hybridized carbons (Fsp3) is 0.536. The third-order valence-electron chi connectivity index (χ3n) is 7.85. The van der Waals surface area contributed by atoms with Gasteiger partial charge in [-0.25, -0.2) is 0 Å². The van der Waals surface area contributed by atoms with E-state index in [0.29, 0.717) is 31.1 Å². The van der Waals surface area contributed by atoms with E-state index >= 15 is 0 Å². The summed E-state index contributed by atoms with van der Waals surface area (Å²) < 4.78 is 45.2. The molecular formula is C28H35F3N2O2. The molecule has 2 aromatic carbocycles. The van der Waals surface area contributed by atoms with Crippen molar-refractivity contribution < 1.29 is 22.7 Å². The van der Waals surface area contributed by atoms with Crippen molar-refractivity contribution in [1.82, 2.24) is 10.2 Å². The van der Waals surface area contributed by atoms with Crippen molar-refractivity contribution in [2.24, 2.45) is 11.3 Å². The van der Waals surface area contributed by atoms with Gasteiger partial charge in [-0.15, -0.1) is 0 Å². The maximum absolute atomic E-state index is 13.5. The van der Waals surface area contributed by atoms with Crippen LogP contribution in [-0.4, -0.2) is 43.2 Å². The summed E-state index contributed by atoms with van der Waals surface area (Å²) in [5, 5.41) is 2.92. The SMILES string of the molecule is CC(C)[C@@]1(C(=O)NCc2cccc(C(F)(F)F)c2)COC[C@H](N2CCC(c3ccccc3)CC2)C1. The van der Waals surface area contributed by atoms with Gasteiger partial charge in [-0.1, -0.05) is 56.3 Å². The lowest BCUT2D eigenvalue weighted by Crippen LogP contribution is -2.57. The molecule has 0 aromatic heterocycles. The molecule has 0 radical (unpaired) electrons. The van der Waals surface area contributed by atoms with Gasteiger partial charge in [-0.3, -0.25) is 9.69 Å². The molecule has 2 aliphatic rings. The summed E-state index contributed by atoms with van der Waals surface area (Å²) in [7, 11) is 0. The lowest BCUT2D eigenvalue weighted by Gasteiger charge is -2.47. The number of likely N-dealkylation sites (tertiary alicyclic amines) is 1. The topological polar surface area (TPSA) is 41.6 Å². The van der Waals surface area contributed by atoms with Gasteiger partial charge in [0.1, 0.15) is 0 Å². The number of carbonyl (C=O) groups is 1. The average molecular weight is 489 g/mol.